The van der Waals surface area contributed by atoms with E-state index in [2.05, 4.69) is 11.2 Å². The van der Waals surface area contributed by atoms with E-state index in [-0.39, 0.29) is 23.9 Å². The van der Waals surface area contributed by atoms with Crippen molar-refractivity contribution in [3.63, 3.8) is 0 Å². The lowest BCUT2D eigenvalue weighted by Gasteiger charge is -2.33. The van der Waals surface area contributed by atoms with Crippen molar-refractivity contribution in [1.82, 2.24) is 14.5 Å². The smallest absolute Gasteiger partial charge is 0.243 e. The van der Waals surface area contributed by atoms with Gasteiger partial charge in [-0.25, -0.2) is 8.42 Å². The number of hydrogen-bond acceptors (Lipinski definition) is 4. The van der Waals surface area contributed by atoms with Crippen molar-refractivity contribution in [2.75, 3.05) is 39.3 Å². The molecule has 0 aromatic heterocycles. The Bertz CT molecular complexity index is 690. The summed E-state index contributed by atoms with van der Waals surface area (Å²) in [5.74, 6) is 2.18. The van der Waals surface area contributed by atoms with E-state index in [0.717, 1.165) is 0 Å². The van der Waals surface area contributed by atoms with Crippen LogP contribution in [-0.4, -0.2) is 62.8 Å². The average molecular weight is 356 g/mol. The topological polar surface area (TPSA) is 69.7 Å². The zero-order valence-electron chi connectivity index (χ0n) is 12.5. The maximum Gasteiger partial charge on any atom is 0.243 e. The maximum atomic E-state index is 12.5. The minimum Gasteiger partial charge on any atom is -0.344 e. The summed E-state index contributed by atoms with van der Waals surface area (Å²) in [6.45, 7) is 2.09. The van der Waals surface area contributed by atoms with Crippen LogP contribution in [0.3, 0.4) is 0 Å². The molecule has 0 radical (unpaired) electrons. The molecule has 1 saturated heterocycles. The Kier molecular flexibility index (Phi) is 6.02. The van der Waals surface area contributed by atoms with Crippen molar-refractivity contribution in [2.24, 2.45) is 0 Å². The summed E-state index contributed by atoms with van der Waals surface area (Å²) in [5, 5.41) is 3.08. The molecule has 1 N–H and O–H groups in total. The molecule has 23 heavy (non-hydrogen) atoms. The van der Waals surface area contributed by atoms with Gasteiger partial charge in [0.15, 0.2) is 0 Å². The molecule has 0 aliphatic carbocycles. The zero-order valence-corrected chi connectivity index (χ0v) is 14.1. The number of nitrogens with one attached hydrogen (secondary N) is 1. The number of piperazine rings is 1. The van der Waals surface area contributed by atoms with Crippen molar-refractivity contribution in [1.29, 1.82) is 0 Å². The third-order valence-corrected chi connectivity index (χ3v) is 5.70. The molecule has 1 aromatic rings. The van der Waals surface area contributed by atoms with Gasteiger partial charge in [0.05, 0.1) is 18.0 Å². The molecule has 0 bridgehead atoms. The Morgan fingerprint density at radius 3 is 2.39 bits per heavy atom. The number of sulfonamides is 1. The first-order valence-electron chi connectivity index (χ1n) is 7.11. The van der Waals surface area contributed by atoms with E-state index in [1.165, 1.54) is 16.4 Å². The Morgan fingerprint density at radius 2 is 1.83 bits per heavy atom. The van der Waals surface area contributed by atoms with Crippen LogP contribution in [0.15, 0.2) is 29.2 Å². The van der Waals surface area contributed by atoms with Gasteiger partial charge in [0.1, 0.15) is 0 Å². The summed E-state index contributed by atoms with van der Waals surface area (Å²) in [4.78, 5) is 13.7. The van der Waals surface area contributed by atoms with Crippen LogP contribution in [0.25, 0.3) is 0 Å². The van der Waals surface area contributed by atoms with Crippen LogP contribution in [0.2, 0.25) is 5.02 Å². The van der Waals surface area contributed by atoms with E-state index < -0.39 is 10.0 Å². The van der Waals surface area contributed by atoms with E-state index in [4.69, 9.17) is 18.0 Å². The fourth-order valence-electron chi connectivity index (χ4n) is 2.29. The Balaban J connectivity index is 1.92. The van der Waals surface area contributed by atoms with Crippen LogP contribution < -0.4 is 5.32 Å². The van der Waals surface area contributed by atoms with Gasteiger partial charge in [0.2, 0.25) is 15.9 Å². The number of carbonyl (C=O) groups is 1. The number of carbonyl (C=O) groups excluding carboxylic acids is 1. The Hall–Kier alpha value is -1.59. The molecule has 1 fully saturated rings. The third-order valence-electron chi connectivity index (χ3n) is 3.54. The predicted octanol–water partition coefficient (Wildman–Crippen LogP) is 0.396. The molecule has 124 valence electrons. The van der Waals surface area contributed by atoms with Crippen molar-refractivity contribution in [3.8, 4) is 12.3 Å². The molecular formula is C15H18ClN3O3S. The molecule has 0 saturated carbocycles. The zero-order chi connectivity index (χ0) is 16.9. The number of rotatable bonds is 5. The van der Waals surface area contributed by atoms with Gasteiger partial charge in [-0.05, 0) is 24.3 Å². The molecule has 1 aromatic carbocycles. The van der Waals surface area contributed by atoms with E-state index in [1.807, 2.05) is 4.90 Å². The molecule has 0 spiro atoms. The van der Waals surface area contributed by atoms with Crippen LogP contribution in [0.1, 0.15) is 0 Å². The first-order chi connectivity index (χ1) is 10.9. The number of nitrogens with zero attached hydrogens (tertiary/aromatic N) is 2. The van der Waals surface area contributed by atoms with Crippen molar-refractivity contribution >= 4 is 27.5 Å². The number of benzene rings is 1. The summed E-state index contributed by atoms with van der Waals surface area (Å²) >= 11 is 5.79. The van der Waals surface area contributed by atoms with Crippen LogP contribution in [0.4, 0.5) is 0 Å². The number of hydrogen-bond donors (Lipinski definition) is 1. The molecule has 1 heterocycles. The molecule has 2 rings (SSSR count). The minimum absolute atomic E-state index is 0.156. The largest absolute Gasteiger partial charge is 0.344 e. The normalized spacial score (nSPS) is 16.7. The quantitative estimate of drug-likeness (QED) is 0.776. The lowest BCUT2D eigenvalue weighted by atomic mass is 10.3. The molecule has 1 aliphatic heterocycles. The second-order valence-electron chi connectivity index (χ2n) is 5.12. The monoisotopic (exact) mass is 355 g/mol. The van der Waals surface area contributed by atoms with Crippen molar-refractivity contribution in [2.45, 2.75) is 4.90 Å². The van der Waals surface area contributed by atoms with Gasteiger partial charge < -0.3 is 5.32 Å². The Morgan fingerprint density at radius 1 is 1.22 bits per heavy atom. The SMILES string of the molecule is C#CCNC(=O)CN1CCN(S(=O)(=O)c2ccc(Cl)cc2)CC1. The highest BCUT2D eigenvalue weighted by Gasteiger charge is 2.28. The summed E-state index contributed by atoms with van der Waals surface area (Å²) in [6, 6.07) is 6.11. The van der Waals surface area contributed by atoms with Crippen molar-refractivity contribution < 1.29 is 13.2 Å². The van der Waals surface area contributed by atoms with Crippen LogP contribution in [-0.2, 0) is 14.8 Å². The van der Waals surface area contributed by atoms with E-state index >= 15 is 0 Å². The highest BCUT2D eigenvalue weighted by Crippen LogP contribution is 2.19. The number of amides is 1. The summed E-state index contributed by atoms with van der Waals surface area (Å²) in [6.07, 6.45) is 5.08. The maximum absolute atomic E-state index is 12.5. The second-order valence-corrected chi connectivity index (χ2v) is 7.49. The number of halogens is 1. The van der Waals surface area contributed by atoms with Crippen LogP contribution in [0.5, 0.6) is 0 Å². The van der Waals surface area contributed by atoms with Gasteiger partial charge in [0, 0.05) is 31.2 Å². The highest BCUT2D eigenvalue weighted by molar-refractivity contribution is 7.89. The van der Waals surface area contributed by atoms with Gasteiger partial charge in [0.25, 0.3) is 0 Å². The first kappa shape index (κ1) is 17.8. The third kappa shape index (κ3) is 4.69. The van der Waals surface area contributed by atoms with Gasteiger partial charge in [-0.1, -0.05) is 17.5 Å². The van der Waals surface area contributed by atoms with Crippen LogP contribution in [0, 0.1) is 12.3 Å². The van der Waals surface area contributed by atoms with Gasteiger partial charge in [-0.2, -0.15) is 4.31 Å². The molecule has 1 aliphatic rings. The summed E-state index contributed by atoms with van der Waals surface area (Å²) in [5.41, 5.74) is 0. The second kappa shape index (κ2) is 7.79. The van der Waals surface area contributed by atoms with Gasteiger partial charge in [-0.3, -0.25) is 9.69 Å². The molecule has 6 nitrogen and oxygen atoms in total. The average Bonchev–Trinajstić information content (AvgIpc) is 2.54. The fourth-order valence-corrected chi connectivity index (χ4v) is 3.84. The minimum atomic E-state index is -3.52. The Labute approximate surface area is 141 Å². The molecule has 1 amide bonds. The molecule has 8 heteroatoms. The van der Waals surface area contributed by atoms with Gasteiger partial charge in [-0.15, -0.1) is 6.42 Å². The predicted molar refractivity (Wildman–Crippen MR) is 88.5 cm³/mol. The lowest BCUT2D eigenvalue weighted by Crippen LogP contribution is -2.51. The molecule has 0 atom stereocenters. The molecule has 0 unspecified atom stereocenters. The first-order valence-corrected chi connectivity index (χ1v) is 8.93. The molecular weight excluding hydrogens is 338 g/mol. The van der Waals surface area contributed by atoms with E-state index in [9.17, 15) is 13.2 Å². The van der Waals surface area contributed by atoms with E-state index in [0.29, 0.717) is 31.2 Å². The van der Waals surface area contributed by atoms with Crippen molar-refractivity contribution in [3.05, 3.63) is 29.3 Å². The van der Waals surface area contributed by atoms with Gasteiger partial charge >= 0.3 is 0 Å². The lowest BCUT2D eigenvalue weighted by molar-refractivity contribution is -0.122. The summed E-state index contributed by atoms with van der Waals surface area (Å²) < 4.78 is 26.5. The standard InChI is InChI=1S/C15H18ClN3O3S/c1-2-7-17-15(20)12-18-8-10-19(11-9-18)23(21,22)14-5-3-13(16)4-6-14/h1,3-6H,7-12H2,(H,17,20). The summed E-state index contributed by atoms with van der Waals surface area (Å²) in [7, 11) is -3.52. The van der Waals surface area contributed by atoms with E-state index in [1.54, 1.807) is 12.1 Å². The van der Waals surface area contributed by atoms with Crippen LogP contribution >= 0.6 is 11.6 Å². The number of terminal acetylenes is 1. The highest BCUT2D eigenvalue weighted by atomic mass is 35.5. The fraction of sp³-hybridized carbons (Fsp3) is 0.400.